The molecule has 5 nitrogen and oxygen atoms in total. The quantitative estimate of drug-likeness (QED) is 0.794. The van der Waals surface area contributed by atoms with Crippen LogP contribution >= 0.6 is 0 Å². The monoisotopic (exact) mass is 338 g/mol. The minimum absolute atomic E-state index is 0.0585. The van der Waals surface area contributed by atoms with Crippen LogP contribution in [0.15, 0.2) is 0 Å². The Labute approximate surface area is 134 Å². The van der Waals surface area contributed by atoms with Crippen LogP contribution in [-0.2, 0) is 9.53 Å². The summed E-state index contributed by atoms with van der Waals surface area (Å²) in [5, 5.41) is 0. The molecule has 0 saturated carbocycles. The van der Waals surface area contributed by atoms with Crippen LogP contribution < -0.4 is 0 Å². The number of rotatable bonds is 3. The molecule has 1 saturated heterocycles. The Morgan fingerprint density at radius 3 is 2.30 bits per heavy atom. The second kappa shape index (κ2) is 7.40. The van der Waals surface area contributed by atoms with Gasteiger partial charge in [0.25, 0.3) is 0 Å². The van der Waals surface area contributed by atoms with Gasteiger partial charge in [-0.25, -0.2) is 4.79 Å². The number of piperidine rings is 1. The molecular weight excluding hydrogens is 313 g/mol. The first kappa shape index (κ1) is 19.6. The van der Waals surface area contributed by atoms with Gasteiger partial charge in [-0.05, 0) is 47.0 Å². The van der Waals surface area contributed by atoms with Crippen molar-refractivity contribution in [2.24, 2.45) is 0 Å². The van der Waals surface area contributed by atoms with Crippen molar-refractivity contribution in [2.75, 3.05) is 19.6 Å². The van der Waals surface area contributed by atoms with Crippen LogP contribution in [0.2, 0.25) is 0 Å². The fraction of sp³-hybridized carbons (Fsp3) is 0.867. The van der Waals surface area contributed by atoms with Crippen LogP contribution in [0.3, 0.4) is 0 Å². The van der Waals surface area contributed by atoms with Crippen LogP contribution in [-0.4, -0.2) is 59.3 Å². The molecule has 0 N–H and O–H groups in total. The average molecular weight is 338 g/mol. The number of hydrogen-bond acceptors (Lipinski definition) is 3. The molecule has 23 heavy (non-hydrogen) atoms. The second-order valence-corrected chi connectivity index (χ2v) is 6.66. The summed E-state index contributed by atoms with van der Waals surface area (Å²) in [7, 11) is 0. The van der Waals surface area contributed by atoms with Crippen LogP contribution in [0.4, 0.5) is 18.0 Å². The standard InChI is InChI=1S/C15H25F3N2O3/c1-5-19(12(21)15(16,17)18)10-11-8-6-7-9-20(11)13(22)23-14(2,3)4/h11H,5-10H2,1-4H3. The number of carbonyl (C=O) groups is 2. The Kier molecular flexibility index (Phi) is 6.30. The van der Waals surface area contributed by atoms with E-state index < -0.39 is 29.8 Å². The molecule has 1 aliphatic rings. The van der Waals surface area contributed by atoms with Gasteiger partial charge in [0, 0.05) is 19.6 Å². The maximum atomic E-state index is 12.6. The van der Waals surface area contributed by atoms with Crippen LogP contribution in [0.5, 0.6) is 0 Å². The summed E-state index contributed by atoms with van der Waals surface area (Å²) in [5.74, 6) is -1.87. The maximum Gasteiger partial charge on any atom is 0.471 e. The molecule has 0 aliphatic carbocycles. The summed E-state index contributed by atoms with van der Waals surface area (Å²) in [6, 6.07) is -0.454. The number of hydrogen-bond donors (Lipinski definition) is 0. The third-order valence-electron chi connectivity index (χ3n) is 3.60. The van der Waals surface area contributed by atoms with Crippen molar-refractivity contribution in [3.63, 3.8) is 0 Å². The zero-order chi connectivity index (χ0) is 17.8. The topological polar surface area (TPSA) is 49.9 Å². The third-order valence-corrected chi connectivity index (χ3v) is 3.60. The Bertz CT molecular complexity index is 433. The van der Waals surface area contributed by atoms with Gasteiger partial charge >= 0.3 is 18.2 Å². The highest BCUT2D eigenvalue weighted by atomic mass is 19.4. The van der Waals surface area contributed by atoms with E-state index in [2.05, 4.69) is 0 Å². The van der Waals surface area contributed by atoms with Gasteiger partial charge in [-0.1, -0.05) is 0 Å². The van der Waals surface area contributed by atoms with E-state index in [4.69, 9.17) is 4.74 Å². The molecule has 0 radical (unpaired) electrons. The highest BCUT2D eigenvalue weighted by Crippen LogP contribution is 2.24. The minimum Gasteiger partial charge on any atom is -0.444 e. The van der Waals surface area contributed by atoms with Crippen LogP contribution in [0.25, 0.3) is 0 Å². The summed E-state index contributed by atoms with van der Waals surface area (Å²) in [4.78, 5) is 25.9. The molecule has 134 valence electrons. The van der Waals surface area contributed by atoms with Crippen LogP contribution in [0.1, 0.15) is 47.0 Å². The molecule has 1 fully saturated rings. The van der Waals surface area contributed by atoms with Crippen molar-refractivity contribution in [1.82, 2.24) is 9.80 Å². The number of alkyl halides is 3. The van der Waals surface area contributed by atoms with E-state index in [9.17, 15) is 22.8 Å². The molecule has 1 rings (SSSR count). The summed E-state index contributed by atoms with van der Waals surface area (Å²) in [6.07, 6.45) is -3.31. The SMILES string of the molecule is CCN(CC1CCCCN1C(=O)OC(C)(C)C)C(=O)C(F)(F)F. The van der Waals surface area contributed by atoms with Crippen molar-refractivity contribution in [2.45, 2.75) is 64.8 Å². The number of carbonyl (C=O) groups excluding carboxylic acids is 2. The fourth-order valence-corrected chi connectivity index (χ4v) is 2.54. The van der Waals surface area contributed by atoms with Gasteiger partial charge in [-0.3, -0.25) is 4.79 Å². The largest absolute Gasteiger partial charge is 0.471 e. The molecule has 2 amide bonds. The van der Waals surface area contributed by atoms with E-state index in [1.54, 1.807) is 20.8 Å². The summed E-state index contributed by atoms with van der Waals surface area (Å²) >= 11 is 0. The number of likely N-dealkylation sites (N-methyl/N-ethyl adjacent to an activating group) is 1. The molecule has 0 aromatic rings. The Hall–Kier alpha value is -1.47. The smallest absolute Gasteiger partial charge is 0.444 e. The highest BCUT2D eigenvalue weighted by molar-refractivity contribution is 5.82. The van der Waals surface area contributed by atoms with Crippen molar-refractivity contribution >= 4 is 12.0 Å². The molecule has 1 atom stereocenters. The normalized spacial score (nSPS) is 19.4. The van der Waals surface area contributed by atoms with E-state index in [0.29, 0.717) is 13.0 Å². The lowest BCUT2D eigenvalue weighted by atomic mass is 10.0. The summed E-state index contributed by atoms with van der Waals surface area (Å²) in [5.41, 5.74) is -0.675. The van der Waals surface area contributed by atoms with E-state index >= 15 is 0 Å². The number of halogens is 3. The molecule has 1 heterocycles. The first-order valence-electron chi connectivity index (χ1n) is 7.81. The number of ether oxygens (including phenoxy) is 1. The number of nitrogens with zero attached hydrogens (tertiary/aromatic N) is 2. The van der Waals surface area contributed by atoms with Gasteiger partial charge in [0.15, 0.2) is 0 Å². The van der Waals surface area contributed by atoms with Crippen molar-refractivity contribution in [3.8, 4) is 0 Å². The summed E-state index contributed by atoms with van der Waals surface area (Å²) < 4.78 is 43.2. The van der Waals surface area contributed by atoms with E-state index in [-0.39, 0.29) is 13.1 Å². The molecule has 0 aromatic heterocycles. The van der Waals surface area contributed by atoms with E-state index in [0.717, 1.165) is 17.7 Å². The third kappa shape index (κ3) is 5.91. The fourth-order valence-electron chi connectivity index (χ4n) is 2.54. The second-order valence-electron chi connectivity index (χ2n) is 6.66. The lowest BCUT2D eigenvalue weighted by Crippen LogP contribution is -2.53. The first-order valence-corrected chi connectivity index (χ1v) is 7.81. The van der Waals surface area contributed by atoms with Gasteiger partial charge in [-0.2, -0.15) is 13.2 Å². The highest BCUT2D eigenvalue weighted by Gasteiger charge is 2.43. The molecule has 0 bridgehead atoms. The predicted octanol–water partition coefficient (Wildman–Crippen LogP) is 3.19. The van der Waals surface area contributed by atoms with Crippen molar-refractivity contribution in [1.29, 1.82) is 0 Å². The Balaban J connectivity index is 2.81. The molecule has 1 unspecified atom stereocenters. The first-order chi connectivity index (χ1) is 10.5. The van der Waals surface area contributed by atoms with Crippen molar-refractivity contribution < 1.29 is 27.5 Å². The van der Waals surface area contributed by atoms with Crippen LogP contribution in [0, 0.1) is 0 Å². The van der Waals surface area contributed by atoms with Crippen molar-refractivity contribution in [3.05, 3.63) is 0 Å². The Morgan fingerprint density at radius 2 is 1.83 bits per heavy atom. The maximum absolute atomic E-state index is 12.6. The minimum atomic E-state index is -4.90. The molecule has 0 aromatic carbocycles. The van der Waals surface area contributed by atoms with E-state index in [1.165, 1.54) is 11.8 Å². The van der Waals surface area contributed by atoms with Gasteiger partial charge < -0.3 is 14.5 Å². The number of likely N-dealkylation sites (tertiary alicyclic amines) is 1. The lowest BCUT2D eigenvalue weighted by molar-refractivity contribution is -0.186. The zero-order valence-electron chi connectivity index (χ0n) is 14.1. The number of amides is 2. The van der Waals surface area contributed by atoms with Gasteiger partial charge in [0.1, 0.15) is 5.60 Å². The molecule has 1 aliphatic heterocycles. The van der Waals surface area contributed by atoms with E-state index in [1.807, 2.05) is 0 Å². The average Bonchev–Trinajstić information content (AvgIpc) is 2.41. The van der Waals surface area contributed by atoms with Gasteiger partial charge in [0.2, 0.25) is 0 Å². The molecule has 8 heteroatoms. The van der Waals surface area contributed by atoms with Gasteiger partial charge in [0.05, 0.1) is 6.04 Å². The predicted molar refractivity (Wildman–Crippen MR) is 78.9 cm³/mol. The van der Waals surface area contributed by atoms with Gasteiger partial charge in [-0.15, -0.1) is 0 Å². The summed E-state index contributed by atoms with van der Waals surface area (Å²) in [6.45, 7) is 6.92. The zero-order valence-corrected chi connectivity index (χ0v) is 14.1. The Morgan fingerprint density at radius 1 is 1.22 bits per heavy atom. The molecule has 0 spiro atoms. The molecular formula is C15H25F3N2O3. The lowest BCUT2D eigenvalue weighted by Gasteiger charge is -2.39.